The fraction of sp³-hybridized carbons (Fsp3) is 0.462. The first-order chi connectivity index (χ1) is 17.1. The smallest absolute Gasteiger partial charge is 0.270 e. The van der Waals surface area contributed by atoms with Gasteiger partial charge in [0.05, 0.1) is 35.6 Å². The van der Waals surface area contributed by atoms with Crippen molar-refractivity contribution < 1.29 is 9.53 Å². The normalized spacial score (nSPS) is 19.1. The van der Waals surface area contributed by atoms with E-state index in [1.54, 1.807) is 12.3 Å². The second-order valence-corrected chi connectivity index (χ2v) is 9.31. The largest absolute Gasteiger partial charge is 0.379 e. The van der Waals surface area contributed by atoms with E-state index in [4.69, 9.17) is 4.74 Å². The van der Waals surface area contributed by atoms with E-state index < -0.39 is 0 Å². The number of nitrogens with one attached hydrogen (secondary N) is 2. The number of aromatic nitrogens is 3. The Morgan fingerprint density at radius 2 is 2.03 bits per heavy atom. The van der Waals surface area contributed by atoms with Crippen molar-refractivity contribution in [1.29, 1.82) is 0 Å². The van der Waals surface area contributed by atoms with Crippen LogP contribution in [0, 0.1) is 0 Å². The first-order valence-electron chi connectivity index (χ1n) is 12.4. The minimum atomic E-state index is -0.145. The lowest BCUT2D eigenvalue weighted by Crippen LogP contribution is -2.46. The molecule has 184 valence electrons. The predicted molar refractivity (Wildman–Crippen MR) is 135 cm³/mol. The summed E-state index contributed by atoms with van der Waals surface area (Å²) in [6, 6.07) is 7.75. The molecule has 3 aromatic heterocycles. The third-order valence-corrected chi connectivity index (χ3v) is 6.83. The lowest BCUT2D eigenvalue weighted by atomic mass is 10.1. The van der Waals surface area contributed by atoms with Crippen molar-refractivity contribution in [2.24, 2.45) is 0 Å². The minimum Gasteiger partial charge on any atom is -0.379 e. The molecule has 9 heteroatoms. The van der Waals surface area contributed by atoms with Crippen molar-refractivity contribution in [2.75, 3.05) is 44.3 Å². The average Bonchev–Trinajstić information content (AvgIpc) is 2.89. The molecular weight excluding hydrogens is 444 g/mol. The molecule has 2 N–H and O–H groups in total. The topological polar surface area (TPSA) is 103 Å². The van der Waals surface area contributed by atoms with E-state index in [0.717, 1.165) is 80.0 Å². The molecule has 0 aromatic carbocycles. The molecule has 3 aromatic rings. The SMILES string of the molecule is CCc1cc2ncc(CN3CCN(c4ccc(C(=O)N[C@H]5CCCOC5)nc4)CC3)cc2[nH]c1=O. The fourth-order valence-corrected chi connectivity index (χ4v) is 4.76. The molecule has 2 fully saturated rings. The van der Waals surface area contributed by atoms with Gasteiger partial charge in [-0.15, -0.1) is 0 Å². The number of pyridine rings is 3. The number of piperazine rings is 1. The summed E-state index contributed by atoms with van der Waals surface area (Å²) in [5.74, 6) is -0.145. The van der Waals surface area contributed by atoms with Gasteiger partial charge in [0.2, 0.25) is 0 Å². The molecule has 5 rings (SSSR count). The van der Waals surface area contributed by atoms with Crippen LogP contribution in [-0.4, -0.2) is 71.2 Å². The van der Waals surface area contributed by atoms with Crippen LogP contribution in [0.1, 0.15) is 41.4 Å². The zero-order chi connectivity index (χ0) is 24.2. The Labute approximate surface area is 204 Å². The van der Waals surface area contributed by atoms with E-state index in [2.05, 4.69) is 30.1 Å². The van der Waals surface area contributed by atoms with Gasteiger partial charge in [0.25, 0.3) is 11.5 Å². The molecule has 5 heterocycles. The van der Waals surface area contributed by atoms with Gasteiger partial charge in [-0.1, -0.05) is 6.92 Å². The van der Waals surface area contributed by atoms with Crippen molar-refractivity contribution in [3.8, 4) is 0 Å². The number of H-pyrrole nitrogens is 1. The van der Waals surface area contributed by atoms with Crippen LogP contribution in [-0.2, 0) is 17.7 Å². The molecule has 0 radical (unpaired) electrons. The Morgan fingerprint density at radius 1 is 1.17 bits per heavy atom. The van der Waals surface area contributed by atoms with Crippen LogP contribution in [0.4, 0.5) is 5.69 Å². The van der Waals surface area contributed by atoms with Crippen LogP contribution in [0.15, 0.2) is 41.5 Å². The van der Waals surface area contributed by atoms with Crippen LogP contribution < -0.4 is 15.8 Å². The predicted octanol–water partition coefficient (Wildman–Crippen LogP) is 2.11. The fourth-order valence-electron chi connectivity index (χ4n) is 4.76. The number of hydrogen-bond acceptors (Lipinski definition) is 7. The van der Waals surface area contributed by atoms with Crippen molar-refractivity contribution in [3.05, 3.63) is 63.8 Å². The van der Waals surface area contributed by atoms with Crippen LogP contribution in [0.25, 0.3) is 11.0 Å². The summed E-state index contributed by atoms with van der Waals surface area (Å²) in [4.78, 5) is 41.2. The lowest BCUT2D eigenvalue weighted by molar-refractivity contribution is 0.0622. The van der Waals surface area contributed by atoms with E-state index in [1.807, 2.05) is 31.3 Å². The van der Waals surface area contributed by atoms with Gasteiger partial charge in [-0.2, -0.15) is 0 Å². The molecule has 2 aliphatic rings. The van der Waals surface area contributed by atoms with E-state index in [9.17, 15) is 9.59 Å². The van der Waals surface area contributed by atoms with Crippen molar-refractivity contribution in [3.63, 3.8) is 0 Å². The number of anilines is 1. The van der Waals surface area contributed by atoms with Gasteiger partial charge in [0.1, 0.15) is 5.69 Å². The van der Waals surface area contributed by atoms with Crippen molar-refractivity contribution >= 4 is 22.6 Å². The summed E-state index contributed by atoms with van der Waals surface area (Å²) in [6.45, 7) is 7.68. The van der Waals surface area contributed by atoms with Crippen LogP contribution in [0.3, 0.4) is 0 Å². The van der Waals surface area contributed by atoms with Crippen LogP contribution in [0.5, 0.6) is 0 Å². The minimum absolute atomic E-state index is 0.0346. The average molecular weight is 477 g/mol. The summed E-state index contributed by atoms with van der Waals surface area (Å²) in [6.07, 6.45) is 6.30. The Bertz CT molecular complexity index is 1230. The molecule has 1 amide bonds. The highest BCUT2D eigenvalue weighted by molar-refractivity contribution is 5.92. The van der Waals surface area contributed by atoms with Gasteiger partial charge in [-0.3, -0.25) is 19.5 Å². The highest BCUT2D eigenvalue weighted by Gasteiger charge is 2.20. The Morgan fingerprint density at radius 3 is 2.74 bits per heavy atom. The van der Waals surface area contributed by atoms with E-state index >= 15 is 0 Å². The number of aromatic amines is 1. The molecule has 0 saturated carbocycles. The summed E-state index contributed by atoms with van der Waals surface area (Å²) in [7, 11) is 0. The molecule has 2 saturated heterocycles. The number of fused-ring (bicyclic) bond motifs is 1. The number of nitrogens with zero attached hydrogens (tertiary/aromatic N) is 4. The number of hydrogen-bond donors (Lipinski definition) is 2. The third kappa shape index (κ3) is 5.52. The van der Waals surface area contributed by atoms with Crippen LogP contribution in [0.2, 0.25) is 0 Å². The first-order valence-corrected chi connectivity index (χ1v) is 12.4. The highest BCUT2D eigenvalue weighted by Crippen LogP contribution is 2.18. The van der Waals surface area contributed by atoms with Gasteiger partial charge < -0.3 is 19.9 Å². The molecule has 9 nitrogen and oxygen atoms in total. The molecule has 0 unspecified atom stereocenters. The molecule has 2 aliphatic heterocycles. The van der Waals surface area contributed by atoms with Gasteiger partial charge >= 0.3 is 0 Å². The number of rotatable bonds is 6. The summed E-state index contributed by atoms with van der Waals surface area (Å²) in [5, 5.41) is 3.01. The maximum atomic E-state index is 12.5. The number of amides is 1. The molecule has 1 atom stereocenters. The lowest BCUT2D eigenvalue weighted by Gasteiger charge is -2.36. The molecular formula is C26H32N6O3. The number of carbonyl (C=O) groups is 1. The Hall–Kier alpha value is -3.30. The molecule has 0 aliphatic carbocycles. The first kappa shape index (κ1) is 23.4. The van der Waals surface area contributed by atoms with Crippen molar-refractivity contribution in [2.45, 2.75) is 38.8 Å². The molecule has 0 spiro atoms. The number of aryl methyl sites for hydroxylation is 1. The monoisotopic (exact) mass is 476 g/mol. The highest BCUT2D eigenvalue weighted by atomic mass is 16.5. The van der Waals surface area contributed by atoms with Gasteiger partial charge in [0, 0.05) is 51.1 Å². The summed E-state index contributed by atoms with van der Waals surface area (Å²) in [5.41, 5.74) is 4.89. The zero-order valence-electron chi connectivity index (χ0n) is 20.1. The quantitative estimate of drug-likeness (QED) is 0.562. The maximum absolute atomic E-state index is 12.5. The summed E-state index contributed by atoms with van der Waals surface area (Å²) >= 11 is 0. The van der Waals surface area contributed by atoms with Gasteiger partial charge in [-0.05, 0) is 49.1 Å². The second-order valence-electron chi connectivity index (χ2n) is 9.31. The van der Waals surface area contributed by atoms with Gasteiger partial charge in [-0.25, -0.2) is 4.98 Å². The van der Waals surface area contributed by atoms with Gasteiger partial charge in [0.15, 0.2) is 0 Å². The molecule has 0 bridgehead atoms. The zero-order valence-corrected chi connectivity index (χ0v) is 20.1. The number of carbonyl (C=O) groups excluding carboxylic acids is 1. The van der Waals surface area contributed by atoms with E-state index in [1.165, 1.54) is 0 Å². The second kappa shape index (κ2) is 10.5. The Kier molecular flexibility index (Phi) is 7.06. The standard InChI is InChI=1S/C26H32N6O3/c1-2-19-13-23-24(30-25(19)33)12-18(14-27-23)16-31-7-9-32(10-8-31)21-5-6-22(28-15-21)26(34)29-20-4-3-11-35-17-20/h5-6,12-15,20H,2-4,7-11,16-17H2,1H3,(H,29,34)(H,30,33)/t20-/m0/s1. The van der Waals surface area contributed by atoms with E-state index in [-0.39, 0.29) is 17.5 Å². The third-order valence-electron chi connectivity index (χ3n) is 6.83. The Balaban J connectivity index is 1.15. The summed E-state index contributed by atoms with van der Waals surface area (Å²) < 4.78 is 5.43. The van der Waals surface area contributed by atoms with E-state index in [0.29, 0.717) is 18.7 Å². The maximum Gasteiger partial charge on any atom is 0.270 e. The number of ether oxygens (including phenoxy) is 1. The van der Waals surface area contributed by atoms with Crippen molar-refractivity contribution in [1.82, 2.24) is 25.2 Å². The molecule has 35 heavy (non-hydrogen) atoms. The van der Waals surface area contributed by atoms with Crippen LogP contribution >= 0.6 is 0 Å².